The monoisotopic (exact) mass is 220 g/mol. The van der Waals surface area contributed by atoms with Gasteiger partial charge >= 0.3 is 0 Å². The summed E-state index contributed by atoms with van der Waals surface area (Å²) in [5.41, 5.74) is 1.36. The Bertz CT molecular complexity index is 348. The maximum absolute atomic E-state index is 4.33. The molecule has 2 aliphatic rings. The molecule has 0 radical (unpaired) electrons. The van der Waals surface area contributed by atoms with Crippen LogP contribution in [-0.2, 0) is 13.1 Å². The molecule has 3 rings (SSSR count). The second kappa shape index (κ2) is 4.18. The second-order valence-corrected chi connectivity index (χ2v) is 5.01. The minimum Gasteiger partial charge on any atom is -0.316 e. The lowest BCUT2D eigenvalue weighted by atomic mass is 10.0. The van der Waals surface area contributed by atoms with Crippen LogP contribution in [0.5, 0.6) is 0 Å². The summed E-state index contributed by atoms with van der Waals surface area (Å²) in [7, 11) is 0. The summed E-state index contributed by atoms with van der Waals surface area (Å²) >= 11 is 0. The fraction of sp³-hybridized carbons (Fsp3) is 0.750. The third kappa shape index (κ3) is 1.76. The number of likely N-dealkylation sites (tertiary alicyclic amines) is 1. The number of hydrogen-bond acceptors (Lipinski definition) is 3. The normalized spacial score (nSPS) is 29.8. The van der Waals surface area contributed by atoms with Crippen molar-refractivity contribution in [3.8, 4) is 0 Å². The van der Waals surface area contributed by atoms with E-state index in [1.165, 1.54) is 31.9 Å². The lowest BCUT2D eigenvalue weighted by molar-refractivity contribution is 0.295. The van der Waals surface area contributed by atoms with Crippen LogP contribution in [0, 0.1) is 11.8 Å². The first kappa shape index (κ1) is 10.3. The molecular weight excluding hydrogens is 200 g/mol. The molecule has 1 aromatic heterocycles. The van der Waals surface area contributed by atoms with Crippen molar-refractivity contribution >= 4 is 0 Å². The van der Waals surface area contributed by atoms with Crippen molar-refractivity contribution in [1.82, 2.24) is 20.0 Å². The van der Waals surface area contributed by atoms with E-state index in [1.54, 1.807) is 0 Å². The first-order valence-corrected chi connectivity index (χ1v) is 6.30. The maximum atomic E-state index is 4.33. The van der Waals surface area contributed by atoms with Crippen LogP contribution in [0.2, 0.25) is 0 Å². The van der Waals surface area contributed by atoms with E-state index in [0.717, 1.165) is 24.9 Å². The number of nitrogens with zero attached hydrogens (tertiary/aromatic N) is 3. The highest BCUT2D eigenvalue weighted by molar-refractivity contribution is 5.02. The van der Waals surface area contributed by atoms with E-state index in [-0.39, 0.29) is 0 Å². The molecule has 16 heavy (non-hydrogen) atoms. The van der Waals surface area contributed by atoms with Gasteiger partial charge in [0.15, 0.2) is 0 Å². The highest BCUT2D eigenvalue weighted by Crippen LogP contribution is 2.27. The van der Waals surface area contributed by atoms with E-state index < -0.39 is 0 Å². The summed E-state index contributed by atoms with van der Waals surface area (Å²) in [6.45, 7) is 9.14. The van der Waals surface area contributed by atoms with Gasteiger partial charge in [-0.25, -0.2) is 0 Å². The van der Waals surface area contributed by atoms with Crippen molar-refractivity contribution in [2.24, 2.45) is 11.8 Å². The molecule has 0 saturated carbocycles. The Hall–Kier alpha value is -0.870. The quantitative estimate of drug-likeness (QED) is 0.808. The fourth-order valence-corrected chi connectivity index (χ4v) is 3.09. The lowest BCUT2D eigenvalue weighted by Crippen LogP contribution is -2.26. The molecule has 4 nitrogen and oxygen atoms in total. The van der Waals surface area contributed by atoms with E-state index >= 15 is 0 Å². The van der Waals surface area contributed by atoms with Crippen LogP contribution in [0.3, 0.4) is 0 Å². The zero-order valence-corrected chi connectivity index (χ0v) is 9.89. The van der Waals surface area contributed by atoms with Crippen LogP contribution in [0.1, 0.15) is 12.6 Å². The number of rotatable bonds is 3. The molecule has 0 unspecified atom stereocenters. The van der Waals surface area contributed by atoms with E-state index in [1.807, 2.05) is 6.20 Å². The van der Waals surface area contributed by atoms with Gasteiger partial charge < -0.3 is 5.32 Å². The first-order chi connectivity index (χ1) is 7.86. The third-order valence-corrected chi connectivity index (χ3v) is 3.95. The van der Waals surface area contributed by atoms with Gasteiger partial charge in [-0.1, -0.05) is 0 Å². The first-order valence-electron chi connectivity index (χ1n) is 6.30. The van der Waals surface area contributed by atoms with Crippen molar-refractivity contribution in [2.75, 3.05) is 26.2 Å². The average molecular weight is 220 g/mol. The third-order valence-electron chi connectivity index (χ3n) is 3.95. The van der Waals surface area contributed by atoms with Gasteiger partial charge in [0.25, 0.3) is 0 Å². The molecule has 1 aromatic rings. The molecule has 0 bridgehead atoms. The van der Waals surface area contributed by atoms with Gasteiger partial charge in [-0.15, -0.1) is 0 Å². The molecule has 2 saturated heterocycles. The Morgan fingerprint density at radius 3 is 2.81 bits per heavy atom. The van der Waals surface area contributed by atoms with Crippen molar-refractivity contribution in [2.45, 2.75) is 20.0 Å². The van der Waals surface area contributed by atoms with Crippen LogP contribution < -0.4 is 5.32 Å². The van der Waals surface area contributed by atoms with Crippen LogP contribution in [0.4, 0.5) is 0 Å². The molecular formula is C12H20N4. The van der Waals surface area contributed by atoms with Gasteiger partial charge in [0.1, 0.15) is 0 Å². The number of hydrogen-bond donors (Lipinski definition) is 1. The predicted octanol–water partition coefficient (Wildman–Crippen LogP) is 0.554. The lowest BCUT2D eigenvalue weighted by Gasteiger charge is -2.17. The number of nitrogens with one attached hydrogen (secondary N) is 1. The Morgan fingerprint density at radius 2 is 2.12 bits per heavy atom. The van der Waals surface area contributed by atoms with E-state index in [0.29, 0.717) is 0 Å². The molecule has 0 aromatic carbocycles. The number of aromatic nitrogens is 2. The topological polar surface area (TPSA) is 33.1 Å². The number of aryl methyl sites for hydroxylation is 1. The van der Waals surface area contributed by atoms with Crippen molar-refractivity contribution in [1.29, 1.82) is 0 Å². The van der Waals surface area contributed by atoms with E-state index in [9.17, 15) is 0 Å². The molecule has 4 heteroatoms. The van der Waals surface area contributed by atoms with Gasteiger partial charge in [-0.05, 0) is 37.9 Å². The SMILES string of the molecule is CCn1nccc1CN1C[C@H]2CNC[C@H]2C1. The summed E-state index contributed by atoms with van der Waals surface area (Å²) in [5, 5.41) is 7.81. The second-order valence-electron chi connectivity index (χ2n) is 5.01. The van der Waals surface area contributed by atoms with Gasteiger partial charge in [0, 0.05) is 32.4 Å². The molecule has 0 amide bonds. The smallest absolute Gasteiger partial charge is 0.0524 e. The highest BCUT2D eigenvalue weighted by Gasteiger charge is 2.35. The van der Waals surface area contributed by atoms with Crippen LogP contribution in [0.25, 0.3) is 0 Å². The molecule has 2 aliphatic heterocycles. The highest BCUT2D eigenvalue weighted by atomic mass is 15.3. The molecule has 0 spiro atoms. The molecule has 88 valence electrons. The summed E-state index contributed by atoms with van der Waals surface area (Å²) in [5.74, 6) is 1.77. The fourth-order valence-electron chi connectivity index (χ4n) is 3.09. The summed E-state index contributed by atoms with van der Waals surface area (Å²) in [6, 6.07) is 2.15. The molecule has 3 heterocycles. The van der Waals surface area contributed by atoms with Crippen LogP contribution in [0.15, 0.2) is 12.3 Å². The van der Waals surface area contributed by atoms with Crippen LogP contribution in [-0.4, -0.2) is 40.9 Å². The van der Waals surface area contributed by atoms with Gasteiger partial charge in [-0.2, -0.15) is 5.10 Å². The predicted molar refractivity (Wildman–Crippen MR) is 63.0 cm³/mol. The summed E-state index contributed by atoms with van der Waals surface area (Å²) < 4.78 is 2.10. The summed E-state index contributed by atoms with van der Waals surface area (Å²) in [6.07, 6.45) is 1.91. The number of fused-ring (bicyclic) bond motifs is 1. The molecule has 1 N–H and O–H groups in total. The molecule has 2 fully saturated rings. The zero-order chi connectivity index (χ0) is 11.0. The van der Waals surface area contributed by atoms with Crippen LogP contribution >= 0.6 is 0 Å². The van der Waals surface area contributed by atoms with Gasteiger partial charge in [-0.3, -0.25) is 9.58 Å². The maximum Gasteiger partial charge on any atom is 0.0524 e. The minimum atomic E-state index is 0.887. The van der Waals surface area contributed by atoms with Gasteiger partial charge in [0.05, 0.1) is 5.69 Å². The van der Waals surface area contributed by atoms with E-state index in [4.69, 9.17) is 0 Å². The van der Waals surface area contributed by atoms with Crippen molar-refractivity contribution in [3.05, 3.63) is 18.0 Å². The van der Waals surface area contributed by atoms with E-state index in [2.05, 4.69) is 33.0 Å². The van der Waals surface area contributed by atoms with Crippen molar-refractivity contribution < 1.29 is 0 Å². The molecule has 0 aliphatic carbocycles. The Morgan fingerprint density at radius 1 is 1.38 bits per heavy atom. The zero-order valence-electron chi connectivity index (χ0n) is 9.89. The minimum absolute atomic E-state index is 0.887. The Kier molecular flexibility index (Phi) is 2.69. The van der Waals surface area contributed by atoms with Gasteiger partial charge in [0.2, 0.25) is 0 Å². The Labute approximate surface area is 96.6 Å². The Balaban J connectivity index is 1.64. The summed E-state index contributed by atoms with van der Waals surface area (Å²) in [4.78, 5) is 2.58. The average Bonchev–Trinajstić information content (AvgIpc) is 2.92. The molecule has 2 atom stereocenters. The van der Waals surface area contributed by atoms with Crippen molar-refractivity contribution in [3.63, 3.8) is 0 Å². The standard InChI is InChI=1S/C12H20N4/c1-2-16-12(3-4-14-16)9-15-7-10-5-13-6-11(10)8-15/h3-4,10-11,13H,2,5-9H2,1H3/t10-,11+. The largest absolute Gasteiger partial charge is 0.316 e.